The van der Waals surface area contributed by atoms with E-state index in [0.717, 1.165) is 5.56 Å². The van der Waals surface area contributed by atoms with Crippen molar-refractivity contribution in [3.63, 3.8) is 0 Å². The van der Waals surface area contributed by atoms with Crippen LogP contribution < -0.4 is 10.1 Å². The molecular formula is C15H15NO3. The van der Waals surface area contributed by atoms with Crippen molar-refractivity contribution in [2.75, 3.05) is 7.11 Å². The predicted octanol–water partition coefficient (Wildman–Crippen LogP) is 2.68. The number of benzene rings is 1. The third kappa shape index (κ3) is 2.85. The Bertz CT molecular complexity index is 561. The summed E-state index contributed by atoms with van der Waals surface area (Å²) in [7, 11) is 1.59. The zero-order chi connectivity index (χ0) is 13.7. The number of carbonyl (C=O) groups excluding carboxylic acids is 1. The van der Waals surface area contributed by atoms with E-state index in [1.54, 1.807) is 25.5 Å². The lowest BCUT2D eigenvalue weighted by atomic mass is 10.0. The summed E-state index contributed by atoms with van der Waals surface area (Å²) in [6.07, 6.45) is 2.79. The van der Waals surface area contributed by atoms with Crippen molar-refractivity contribution in [3.05, 3.63) is 66.6 Å². The number of rotatable bonds is 5. The highest BCUT2D eigenvalue weighted by atomic mass is 16.5. The number of hydrogen-bond acceptors (Lipinski definition) is 3. The van der Waals surface area contributed by atoms with Crippen LogP contribution in [0.4, 0.5) is 0 Å². The van der Waals surface area contributed by atoms with E-state index in [1.165, 1.54) is 6.08 Å². The number of ether oxygens (including phenoxy) is 1. The summed E-state index contributed by atoms with van der Waals surface area (Å²) in [6.45, 7) is 3.46. The summed E-state index contributed by atoms with van der Waals surface area (Å²) in [6, 6.07) is 10.7. The highest BCUT2D eigenvalue weighted by molar-refractivity contribution is 5.87. The van der Waals surface area contributed by atoms with E-state index in [4.69, 9.17) is 9.15 Å². The van der Waals surface area contributed by atoms with Crippen molar-refractivity contribution in [1.82, 2.24) is 5.32 Å². The van der Waals surface area contributed by atoms with Crippen LogP contribution in [0, 0.1) is 0 Å². The molecule has 0 saturated heterocycles. The molecule has 4 heteroatoms. The van der Waals surface area contributed by atoms with Gasteiger partial charge in [-0.05, 0) is 24.3 Å². The maximum atomic E-state index is 11.6. The molecule has 0 saturated carbocycles. The smallest absolute Gasteiger partial charge is 0.244 e. The first-order valence-corrected chi connectivity index (χ1v) is 5.85. The van der Waals surface area contributed by atoms with Crippen LogP contribution in [0.15, 0.2) is 59.7 Å². The van der Waals surface area contributed by atoms with Gasteiger partial charge in [-0.3, -0.25) is 4.79 Å². The van der Waals surface area contributed by atoms with Crippen LogP contribution in [0.5, 0.6) is 5.75 Å². The minimum Gasteiger partial charge on any atom is -0.496 e. The fraction of sp³-hybridized carbons (Fsp3) is 0.133. The monoisotopic (exact) mass is 257 g/mol. The van der Waals surface area contributed by atoms with Crippen molar-refractivity contribution in [3.8, 4) is 5.75 Å². The van der Waals surface area contributed by atoms with Gasteiger partial charge in [0.25, 0.3) is 0 Å². The fourth-order valence-electron chi connectivity index (χ4n) is 1.86. The summed E-state index contributed by atoms with van der Waals surface area (Å²) in [5.41, 5.74) is 0.829. The first-order valence-electron chi connectivity index (χ1n) is 5.85. The average molecular weight is 257 g/mol. The van der Waals surface area contributed by atoms with Crippen molar-refractivity contribution in [2.45, 2.75) is 6.04 Å². The second kappa shape index (κ2) is 5.91. The Hall–Kier alpha value is -2.49. The standard InChI is InChI=1S/C15H15NO3/c1-3-14(17)16-15(13-9-6-10-19-13)11-7-4-5-8-12(11)18-2/h3-10,15H,1H2,2H3,(H,16,17)/t15-/m1/s1. The molecule has 1 amide bonds. The third-order valence-electron chi connectivity index (χ3n) is 2.75. The minimum absolute atomic E-state index is 0.271. The Kier molecular flexibility index (Phi) is 4.03. The molecule has 0 radical (unpaired) electrons. The molecule has 0 fully saturated rings. The van der Waals surface area contributed by atoms with Crippen LogP contribution in [-0.2, 0) is 4.79 Å². The summed E-state index contributed by atoms with van der Waals surface area (Å²) >= 11 is 0. The Morgan fingerprint density at radius 2 is 2.16 bits per heavy atom. The van der Waals surface area contributed by atoms with Gasteiger partial charge in [0.05, 0.1) is 13.4 Å². The van der Waals surface area contributed by atoms with Gasteiger partial charge in [-0.2, -0.15) is 0 Å². The van der Waals surface area contributed by atoms with Gasteiger partial charge in [-0.25, -0.2) is 0 Å². The first-order chi connectivity index (χ1) is 9.26. The summed E-state index contributed by atoms with van der Waals surface area (Å²) in [4.78, 5) is 11.6. The second-order valence-electron chi connectivity index (χ2n) is 3.90. The van der Waals surface area contributed by atoms with Crippen LogP contribution in [-0.4, -0.2) is 13.0 Å². The van der Waals surface area contributed by atoms with E-state index < -0.39 is 6.04 Å². The van der Waals surface area contributed by atoms with E-state index in [2.05, 4.69) is 11.9 Å². The molecule has 1 aromatic carbocycles. The van der Waals surface area contributed by atoms with Crippen LogP contribution in [0.2, 0.25) is 0 Å². The quantitative estimate of drug-likeness (QED) is 0.838. The largest absolute Gasteiger partial charge is 0.496 e. The van der Waals surface area contributed by atoms with Gasteiger partial charge in [-0.15, -0.1) is 0 Å². The van der Waals surface area contributed by atoms with Crippen molar-refractivity contribution < 1.29 is 13.9 Å². The normalized spacial score (nSPS) is 11.6. The Balaban J connectivity index is 2.42. The Labute approximate surface area is 111 Å². The number of para-hydroxylation sites is 1. The molecule has 0 spiro atoms. The number of nitrogens with one attached hydrogen (secondary N) is 1. The van der Waals surface area contributed by atoms with Gasteiger partial charge in [0.2, 0.25) is 5.91 Å². The van der Waals surface area contributed by atoms with Crippen molar-refractivity contribution in [2.24, 2.45) is 0 Å². The molecule has 1 atom stereocenters. The van der Waals surface area contributed by atoms with Gasteiger partial charge in [0.15, 0.2) is 0 Å². The average Bonchev–Trinajstić information content (AvgIpc) is 2.98. The van der Waals surface area contributed by atoms with E-state index in [1.807, 2.05) is 24.3 Å². The Morgan fingerprint density at radius 3 is 2.79 bits per heavy atom. The van der Waals surface area contributed by atoms with Crippen LogP contribution in [0.3, 0.4) is 0 Å². The van der Waals surface area contributed by atoms with E-state index in [0.29, 0.717) is 11.5 Å². The SMILES string of the molecule is C=CC(=O)N[C@@H](c1ccco1)c1ccccc1OC. The van der Waals surface area contributed by atoms with Gasteiger partial charge in [0, 0.05) is 5.56 Å². The highest BCUT2D eigenvalue weighted by Crippen LogP contribution is 2.30. The third-order valence-corrected chi connectivity index (χ3v) is 2.75. The lowest BCUT2D eigenvalue weighted by Crippen LogP contribution is -2.27. The molecule has 4 nitrogen and oxygen atoms in total. The van der Waals surface area contributed by atoms with E-state index >= 15 is 0 Å². The second-order valence-corrected chi connectivity index (χ2v) is 3.90. The number of hydrogen-bond donors (Lipinski definition) is 1. The maximum absolute atomic E-state index is 11.6. The number of furan rings is 1. The first kappa shape index (κ1) is 13.0. The van der Waals surface area contributed by atoms with Gasteiger partial charge < -0.3 is 14.5 Å². The van der Waals surface area contributed by atoms with Gasteiger partial charge in [0.1, 0.15) is 17.6 Å². The molecule has 2 aromatic rings. The molecule has 1 aromatic heterocycles. The summed E-state index contributed by atoms with van der Waals surface area (Å²) in [5, 5.41) is 2.83. The number of amides is 1. The van der Waals surface area contributed by atoms with E-state index in [9.17, 15) is 4.79 Å². The van der Waals surface area contributed by atoms with E-state index in [-0.39, 0.29) is 5.91 Å². The molecule has 0 bridgehead atoms. The van der Waals surface area contributed by atoms with Crippen molar-refractivity contribution >= 4 is 5.91 Å². The van der Waals surface area contributed by atoms with Crippen LogP contribution in [0.25, 0.3) is 0 Å². The molecule has 2 rings (SSSR count). The molecule has 98 valence electrons. The molecule has 0 aliphatic heterocycles. The van der Waals surface area contributed by atoms with Crippen LogP contribution >= 0.6 is 0 Å². The molecule has 1 heterocycles. The predicted molar refractivity (Wildman–Crippen MR) is 71.9 cm³/mol. The van der Waals surface area contributed by atoms with Crippen LogP contribution in [0.1, 0.15) is 17.4 Å². The molecule has 0 unspecified atom stereocenters. The van der Waals surface area contributed by atoms with Crippen molar-refractivity contribution in [1.29, 1.82) is 0 Å². The highest BCUT2D eigenvalue weighted by Gasteiger charge is 2.21. The lowest BCUT2D eigenvalue weighted by Gasteiger charge is -2.18. The number of carbonyl (C=O) groups is 1. The summed E-state index contributed by atoms with van der Waals surface area (Å²) < 4.78 is 10.7. The minimum atomic E-state index is -0.406. The molecule has 19 heavy (non-hydrogen) atoms. The fourth-order valence-corrected chi connectivity index (χ4v) is 1.86. The molecule has 0 aliphatic rings. The van der Waals surface area contributed by atoms with Gasteiger partial charge >= 0.3 is 0 Å². The summed E-state index contributed by atoms with van der Waals surface area (Å²) in [5.74, 6) is 1.06. The zero-order valence-corrected chi connectivity index (χ0v) is 10.6. The Morgan fingerprint density at radius 1 is 1.37 bits per heavy atom. The molecular weight excluding hydrogens is 242 g/mol. The lowest BCUT2D eigenvalue weighted by molar-refractivity contribution is -0.117. The number of methoxy groups -OCH3 is 1. The zero-order valence-electron chi connectivity index (χ0n) is 10.6. The molecule has 0 aliphatic carbocycles. The maximum Gasteiger partial charge on any atom is 0.244 e. The van der Waals surface area contributed by atoms with Gasteiger partial charge in [-0.1, -0.05) is 24.8 Å². The topological polar surface area (TPSA) is 51.5 Å². The molecule has 1 N–H and O–H groups in total.